The first-order chi connectivity index (χ1) is 5.05. The summed E-state index contributed by atoms with van der Waals surface area (Å²) in [4.78, 5) is 0. The molecule has 0 heterocycles. The van der Waals surface area contributed by atoms with Crippen molar-refractivity contribution in [2.75, 3.05) is 6.26 Å². The van der Waals surface area contributed by atoms with E-state index in [0.717, 1.165) is 19.3 Å². The van der Waals surface area contributed by atoms with Gasteiger partial charge in [0.25, 0.3) is 0 Å². The van der Waals surface area contributed by atoms with Gasteiger partial charge in [0.05, 0.1) is 5.25 Å². The van der Waals surface area contributed by atoms with Gasteiger partial charge in [-0.15, -0.1) is 0 Å². The largest absolute Gasteiger partial charge is 0.229 e. The number of allylic oxidation sites excluding steroid dienone is 2. The summed E-state index contributed by atoms with van der Waals surface area (Å²) in [5.74, 6) is 0. The Balaban J connectivity index is 2.17. The van der Waals surface area contributed by atoms with Crippen molar-refractivity contribution in [3.05, 3.63) is 12.2 Å². The molecule has 0 radical (unpaired) electrons. The molecule has 0 aromatic carbocycles. The van der Waals surface area contributed by atoms with Gasteiger partial charge in [0.15, 0.2) is 9.84 Å². The number of rotatable bonds is 1. The van der Waals surface area contributed by atoms with E-state index in [1.807, 2.05) is 0 Å². The molecule has 2 rings (SSSR count). The lowest BCUT2D eigenvalue weighted by atomic mass is 10.1. The van der Waals surface area contributed by atoms with Gasteiger partial charge in [-0.05, 0) is 24.7 Å². The van der Waals surface area contributed by atoms with E-state index in [1.165, 1.54) is 6.26 Å². The van der Waals surface area contributed by atoms with Crippen LogP contribution in [0.15, 0.2) is 12.2 Å². The Kier molecular flexibility index (Phi) is 1.26. The van der Waals surface area contributed by atoms with Crippen molar-refractivity contribution in [2.45, 2.75) is 24.5 Å². The topological polar surface area (TPSA) is 34.1 Å². The zero-order valence-corrected chi connectivity index (χ0v) is 7.39. The zero-order chi connectivity index (χ0) is 8.11. The Hall–Kier alpha value is -0.310. The van der Waals surface area contributed by atoms with Crippen LogP contribution < -0.4 is 0 Å². The summed E-state index contributed by atoms with van der Waals surface area (Å²) in [7, 11) is -2.76. The second-order valence-electron chi connectivity index (χ2n) is 3.76. The van der Waals surface area contributed by atoms with Crippen LogP contribution in [-0.2, 0) is 9.84 Å². The van der Waals surface area contributed by atoms with Crippen LogP contribution in [0.3, 0.4) is 0 Å². The Labute approximate surface area is 67.2 Å². The highest BCUT2D eigenvalue weighted by molar-refractivity contribution is 7.91. The monoisotopic (exact) mass is 172 g/mol. The van der Waals surface area contributed by atoms with Gasteiger partial charge in [0.1, 0.15) is 0 Å². The minimum absolute atomic E-state index is 0.0370. The number of sulfone groups is 1. The van der Waals surface area contributed by atoms with Crippen molar-refractivity contribution in [3.8, 4) is 0 Å². The lowest BCUT2D eigenvalue weighted by Gasteiger charge is -2.05. The smallest absolute Gasteiger partial charge is 0.150 e. The molecule has 0 amide bonds. The highest BCUT2D eigenvalue weighted by atomic mass is 32.2. The molecular weight excluding hydrogens is 160 g/mol. The molecule has 0 aromatic rings. The minimum atomic E-state index is -2.76. The second-order valence-corrected chi connectivity index (χ2v) is 5.99. The van der Waals surface area contributed by atoms with E-state index in [1.54, 1.807) is 0 Å². The number of hydrogen-bond acceptors (Lipinski definition) is 2. The summed E-state index contributed by atoms with van der Waals surface area (Å²) < 4.78 is 22.3. The van der Waals surface area contributed by atoms with Gasteiger partial charge < -0.3 is 0 Å². The summed E-state index contributed by atoms with van der Waals surface area (Å²) in [6.45, 7) is 0. The van der Waals surface area contributed by atoms with Gasteiger partial charge in [-0.3, -0.25) is 0 Å². The fourth-order valence-corrected chi connectivity index (χ4v) is 3.80. The Bertz CT molecular complexity index is 292. The first kappa shape index (κ1) is 7.35. The normalized spacial score (nSPS) is 33.0. The van der Waals surface area contributed by atoms with E-state index in [0.29, 0.717) is 0 Å². The van der Waals surface area contributed by atoms with Gasteiger partial charge in [-0.25, -0.2) is 8.42 Å². The molecular formula is C8H12O2S. The number of hydrogen-bond donors (Lipinski definition) is 0. The molecule has 0 bridgehead atoms. The maximum absolute atomic E-state index is 11.1. The summed E-state index contributed by atoms with van der Waals surface area (Å²) in [5.41, 5.74) is 0.146. The van der Waals surface area contributed by atoms with Crippen LogP contribution in [0.4, 0.5) is 0 Å². The van der Waals surface area contributed by atoms with Crippen LogP contribution >= 0.6 is 0 Å². The summed E-state index contributed by atoms with van der Waals surface area (Å²) >= 11 is 0. The minimum Gasteiger partial charge on any atom is -0.229 e. The SMILES string of the molecule is CS(=O)(=O)C1CC12CC=CC2. The van der Waals surface area contributed by atoms with Crippen molar-refractivity contribution in [2.24, 2.45) is 5.41 Å². The predicted molar refractivity (Wildman–Crippen MR) is 44.1 cm³/mol. The Morgan fingerprint density at radius 3 is 2.27 bits per heavy atom. The van der Waals surface area contributed by atoms with E-state index >= 15 is 0 Å². The molecule has 3 heteroatoms. The van der Waals surface area contributed by atoms with Gasteiger partial charge in [0.2, 0.25) is 0 Å². The van der Waals surface area contributed by atoms with Crippen LogP contribution in [0.25, 0.3) is 0 Å². The molecule has 0 aliphatic heterocycles. The third kappa shape index (κ3) is 1.02. The molecule has 0 saturated heterocycles. The third-order valence-electron chi connectivity index (χ3n) is 2.85. The first-order valence-electron chi connectivity index (χ1n) is 3.88. The summed E-state index contributed by atoms with van der Waals surface area (Å²) in [6, 6.07) is 0. The zero-order valence-electron chi connectivity index (χ0n) is 6.58. The van der Waals surface area contributed by atoms with Gasteiger partial charge in [-0.1, -0.05) is 12.2 Å². The van der Waals surface area contributed by atoms with Crippen molar-refractivity contribution in [1.29, 1.82) is 0 Å². The lowest BCUT2D eigenvalue weighted by molar-refractivity contribution is 0.543. The highest BCUT2D eigenvalue weighted by Crippen LogP contribution is 2.58. The van der Waals surface area contributed by atoms with Gasteiger partial charge in [0, 0.05) is 6.26 Å². The molecule has 1 fully saturated rings. The molecule has 11 heavy (non-hydrogen) atoms. The standard InChI is InChI=1S/C8H12O2S/c1-11(9,10)7-6-8(7)4-2-3-5-8/h2-3,7H,4-6H2,1H3. The molecule has 2 aliphatic carbocycles. The Morgan fingerprint density at radius 1 is 1.36 bits per heavy atom. The maximum atomic E-state index is 11.1. The fraction of sp³-hybridized carbons (Fsp3) is 0.750. The molecule has 1 saturated carbocycles. The summed E-state index contributed by atoms with van der Waals surface area (Å²) in [5, 5.41) is -0.0370. The molecule has 0 N–H and O–H groups in total. The molecule has 1 spiro atoms. The van der Waals surface area contributed by atoms with Crippen molar-refractivity contribution >= 4 is 9.84 Å². The summed E-state index contributed by atoms with van der Waals surface area (Å²) in [6.07, 6.45) is 8.40. The van der Waals surface area contributed by atoms with E-state index in [4.69, 9.17) is 0 Å². The molecule has 1 atom stereocenters. The quantitative estimate of drug-likeness (QED) is 0.556. The van der Waals surface area contributed by atoms with E-state index in [2.05, 4.69) is 12.2 Å². The van der Waals surface area contributed by atoms with Gasteiger partial charge >= 0.3 is 0 Å². The van der Waals surface area contributed by atoms with Crippen molar-refractivity contribution < 1.29 is 8.42 Å². The lowest BCUT2D eigenvalue weighted by Crippen LogP contribution is -2.11. The molecule has 62 valence electrons. The molecule has 2 aliphatic rings. The van der Waals surface area contributed by atoms with Crippen LogP contribution in [0.1, 0.15) is 19.3 Å². The third-order valence-corrected chi connectivity index (χ3v) is 4.55. The van der Waals surface area contributed by atoms with E-state index in [9.17, 15) is 8.42 Å². The average molecular weight is 172 g/mol. The molecule has 0 aromatic heterocycles. The van der Waals surface area contributed by atoms with Crippen LogP contribution in [0.5, 0.6) is 0 Å². The first-order valence-corrected chi connectivity index (χ1v) is 5.84. The van der Waals surface area contributed by atoms with Crippen molar-refractivity contribution in [3.63, 3.8) is 0 Å². The maximum Gasteiger partial charge on any atom is 0.150 e. The van der Waals surface area contributed by atoms with E-state index in [-0.39, 0.29) is 10.7 Å². The Morgan fingerprint density at radius 2 is 1.91 bits per heavy atom. The predicted octanol–water partition coefficient (Wildman–Crippen LogP) is 1.14. The van der Waals surface area contributed by atoms with Gasteiger partial charge in [-0.2, -0.15) is 0 Å². The fourth-order valence-electron chi connectivity index (χ4n) is 2.06. The highest BCUT2D eigenvalue weighted by Gasteiger charge is 2.58. The van der Waals surface area contributed by atoms with E-state index < -0.39 is 9.84 Å². The molecule has 2 nitrogen and oxygen atoms in total. The van der Waals surface area contributed by atoms with Crippen LogP contribution in [-0.4, -0.2) is 19.9 Å². The van der Waals surface area contributed by atoms with Crippen LogP contribution in [0, 0.1) is 5.41 Å². The van der Waals surface area contributed by atoms with Crippen LogP contribution in [0.2, 0.25) is 0 Å². The average Bonchev–Trinajstić information content (AvgIpc) is 2.31. The second kappa shape index (κ2) is 1.89. The van der Waals surface area contributed by atoms with Crippen molar-refractivity contribution in [1.82, 2.24) is 0 Å². The molecule has 1 unspecified atom stereocenters.